The number of rotatable bonds is 2. The minimum Gasteiger partial charge on any atom is -0.366 e. The Labute approximate surface area is 87.2 Å². The second kappa shape index (κ2) is 4.09. The Morgan fingerprint density at radius 2 is 2.36 bits per heavy atom. The van der Waals surface area contributed by atoms with Gasteiger partial charge < -0.3 is 15.4 Å². The predicted molar refractivity (Wildman–Crippen MR) is 55.2 cm³/mol. The van der Waals surface area contributed by atoms with Crippen LogP contribution in [0.15, 0.2) is 11.6 Å². The molecule has 2 atom stereocenters. The van der Waals surface area contributed by atoms with Gasteiger partial charge in [-0.25, -0.2) is 8.42 Å². The summed E-state index contributed by atoms with van der Waals surface area (Å²) in [4.78, 5) is 0. The van der Waals surface area contributed by atoms with Crippen LogP contribution in [0.5, 0.6) is 0 Å². The first kappa shape index (κ1) is 10.3. The van der Waals surface area contributed by atoms with Gasteiger partial charge in [-0.1, -0.05) is 11.8 Å². The predicted octanol–water partition coefficient (Wildman–Crippen LogP) is -0.562. The van der Waals surface area contributed by atoms with Crippen LogP contribution in [0, 0.1) is 0 Å². The average Bonchev–Trinajstić information content (AvgIpc) is 2.72. The Morgan fingerprint density at radius 1 is 1.50 bits per heavy atom. The molecule has 1 saturated heterocycles. The summed E-state index contributed by atoms with van der Waals surface area (Å²) in [5, 5.41) is 7.52. The van der Waals surface area contributed by atoms with Crippen molar-refractivity contribution in [3.8, 4) is 0 Å². The monoisotopic (exact) mass is 236 g/mol. The molecule has 1 fully saturated rings. The van der Waals surface area contributed by atoms with Crippen molar-refractivity contribution in [3.05, 3.63) is 11.6 Å². The Kier molecular flexibility index (Phi) is 3.01. The van der Waals surface area contributed by atoms with E-state index >= 15 is 0 Å². The van der Waals surface area contributed by atoms with Gasteiger partial charge in [0.15, 0.2) is 10.1 Å². The van der Waals surface area contributed by atoms with Gasteiger partial charge in [0.2, 0.25) is 9.84 Å². The van der Waals surface area contributed by atoms with Crippen LogP contribution >= 0.6 is 11.8 Å². The lowest BCUT2D eigenvalue weighted by Crippen LogP contribution is -2.47. The SMILES string of the molecule is O=S(=O)(C1CNCCO1)C1NC=CS1. The molecule has 2 aliphatic rings. The Morgan fingerprint density at radius 3 is 2.93 bits per heavy atom. The Bertz CT molecular complexity index is 314. The maximum atomic E-state index is 11.9. The van der Waals surface area contributed by atoms with E-state index in [0.717, 1.165) is 6.54 Å². The first-order valence-electron chi connectivity index (χ1n) is 4.33. The van der Waals surface area contributed by atoms with Crippen molar-refractivity contribution < 1.29 is 13.2 Å². The van der Waals surface area contributed by atoms with E-state index in [2.05, 4.69) is 10.6 Å². The zero-order valence-corrected chi connectivity index (χ0v) is 9.10. The van der Waals surface area contributed by atoms with Gasteiger partial charge in [-0.05, 0) is 5.41 Å². The van der Waals surface area contributed by atoms with Crippen LogP contribution in [0.4, 0.5) is 0 Å². The molecule has 0 aromatic carbocycles. The number of ether oxygens (including phenoxy) is 1. The van der Waals surface area contributed by atoms with E-state index in [0.29, 0.717) is 13.2 Å². The van der Waals surface area contributed by atoms with Crippen molar-refractivity contribution >= 4 is 21.6 Å². The molecule has 7 heteroatoms. The van der Waals surface area contributed by atoms with Crippen LogP contribution in [0.2, 0.25) is 0 Å². The van der Waals surface area contributed by atoms with Crippen molar-refractivity contribution in [1.29, 1.82) is 0 Å². The van der Waals surface area contributed by atoms with E-state index in [9.17, 15) is 8.42 Å². The van der Waals surface area contributed by atoms with Gasteiger partial charge in [0, 0.05) is 19.3 Å². The molecule has 0 aromatic rings. The lowest BCUT2D eigenvalue weighted by atomic mass is 10.5. The highest BCUT2D eigenvalue weighted by atomic mass is 32.3. The maximum Gasteiger partial charge on any atom is 0.209 e. The summed E-state index contributed by atoms with van der Waals surface area (Å²) in [6, 6.07) is 0. The standard InChI is InChI=1S/C7H12N2O3S2/c10-14(11,7-9-2-4-13-7)6-5-8-1-3-12-6/h2,4,6-9H,1,3,5H2. The lowest BCUT2D eigenvalue weighted by Gasteiger charge is -2.25. The molecule has 5 nitrogen and oxygen atoms in total. The summed E-state index contributed by atoms with van der Waals surface area (Å²) in [5.74, 6) is 0. The van der Waals surface area contributed by atoms with Crippen LogP contribution in [0.25, 0.3) is 0 Å². The van der Waals surface area contributed by atoms with E-state index in [1.165, 1.54) is 11.8 Å². The van der Waals surface area contributed by atoms with Crippen LogP contribution < -0.4 is 10.6 Å². The third-order valence-corrected chi connectivity index (χ3v) is 5.64. The molecule has 2 unspecified atom stereocenters. The molecule has 0 radical (unpaired) electrons. The molecule has 2 heterocycles. The fourth-order valence-corrected chi connectivity index (χ4v) is 4.15. The third-order valence-electron chi connectivity index (χ3n) is 2.06. The minimum atomic E-state index is -3.26. The molecule has 0 saturated carbocycles. The highest BCUT2D eigenvalue weighted by Crippen LogP contribution is 2.24. The van der Waals surface area contributed by atoms with Gasteiger partial charge in [-0.2, -0.15) is 0 Å². The topological polar surface area (TPSA) is 67.4 Å². The van der Waals surface area contributed by atoms with E-state index in [1.807, 2.05) is 0 Å². The first-order chi connectivity index (χ1) is 6.71. The van der Waals surface area contributed by atoms with E-state index in [-0.39, 0.29) is 0 Å². The summed E-state index contributed by atoms with van der Waals surface area (Å²) < 4.78 is 28.4. The lowest BCUT2D eigenvalue weighted by molar-refractivity contribution is 0.0782. The number of hydrogen-bond acceptors (Lipinski definition) is 6. The molecule has 2 rings (SSSR count). The number of morpholine rings is 1. The molecule has 14 heavy (non-hydrogen) atoms. The summed E-state index contributed by atoms with van der Waals surface area (Å²) in [6.07, 6.45) is 1.64. The smallest absolute Gasteiger partial charge is 0.209 e. The zero-order valence-electron chi connectivity index (χ0n) is 7.47. The maximum absolute atomic E-state index is 11.9. The van der Waals surface area contributed by atoms with Gasteiger partial charge in [0.05, 0.1) is 6.61 Å². The third kappa shape index (κ3) is 1.90. The molecular formula is C7H12N2O3S2. The molecule has 2 aliphatic heterocycles. The van der Waals surface area contributed by atoms with Crippen LogP contribution in [-0.4, -0.2) is 38.3 Å². The number of hydrogen-bond donors (Lipinski definition) is 2. The van der Waals surface area contributed by atoms with E-state index in [4.69, 9.17) is 4.74 Å². The highest BCUT2D eigenvalue weighted by Gasteiger charge is 2.36. The van der Waals surface area contributed by atoms with Gasteiger partial charge in [0.1, 0.15) is 0 Å². The Hall–Kier alpha value is -0.240. The summed E-state index contributed by atoms with van der Waals surface area (Å²) in [6.45, 7) is 1.55. The molecule has 0 bridgehead atoms. The van der Waals surface area contributed by atoms with E-state index < -0.39 is 20.0 Å². The zero-order chi connectivity index (χ0) is 10.0. The fourth-order valence-electron chi connectivity index (χ4n) is 1.33. The van der Waals surface area contributed by atoms with Crippen molar-refractivity contribution in [3.63, 3.8) is 0 Å². The second-order valence-electron chi connectivity index (χ2n) is 3.03. The Balaban J connectivity index is 2.06. The largest absolute Gasteiger partial charge is 0.366 e. The van der Waals surface area contributed by atoms with E-state index in [1.54, 1.807) is 11.6 Å². The normalized spacial score (nSPS) is 32.9. The van der Waals surface area contributed by atoms with Crippen LogP contribution in [0.1, 0.15) is 0 Å². The molecule has 0 amide bonds. The van der Waals surface area contributed by atoms with Crippen molar-refractivity contribution in [2.75, 3.05) is 19.7 Å². The quantitative estimate of drug-likeness (QED) is 0.670. The molecule has 0 aromatic heterocycles. The molecular weight excluding hydrogens is 224 g/mol. The number of sulfone groups is 1. The van der Waals surface area contributed by atoms with Crippen LogP contribution in [-0.2, 0) is 14.6 Å². The molecule has 0 spiro atoms. The minimum absolute atomic E-state index is 0.376. The summed E-state index contributed by atoms with van der Waals surface area (Å²) in [7, 11) is -3.26. The van der Waals surface area contributed by atoms with Gasteiger partial charge in [0.25, 0.3) is 0 Å². The van der Waals surface area contributed by atoms with Crippen LogP contribution in [0.3, 0.4) is 0 Å². The number of nitrogens with one attached hydrogen (secondary N) is 2. The van der Waals surface area contributed by atoms with Crippen molar-refractivity contribution in [2.45, 2.75) is 10.1 Å². The molecule has 2 N–H and O–H groups in total. The van der Waals surface area contributed by atoms with Gasteiger partial charge in [-0.15, -0.1) is 0 Å². The van der Waals surface area contributed by atoms with Gasteiger partial charge in [-0.3, -0.25) is 0 Å². The molecule has 80 valence electrons. The van der Waals surface area contributed by atoms with Gasteiger partial charge >= 0.3 is 0 Å². The number of thioether (sulfide) groups is 1. The summed E-state index contributed by atoms with van der Waals surface area (Å²) >= 11 is 1.26. The summed E-state index contributed by atoms with van der Waals surface area (Å²) in [5.41, 5.74) is -0.721. The highest BCUT2D eigenvalue weighted by molar-refractivity contribution is 8.15. The second-order valence-corrected chi connectivity index (χ2v) is 6.52. The first-order valence-corrected chi connectivity index (χ1v) is 6.88. The molecule has 0 aliphatic carbocycles. The van der Waals surface area contributed by atoms with Crippen molar-refractivity contribution in [2.24, 2.45) is 0 Å². The average molecular weight is 236 g/mol. The fraction of sp³-hybridized carbons (Fsp3) is 0.714. The van der Waals surface area contributed by atoms with Crippen molar-refractivity contribution in [1.82, 2.24) is 10.6 Å².